The van der Waals surface area contributed by atoms with Gasteiger partial charge in [-0.05, 0) is 18.2 Å². The van der Waals surface area contributed by atoms with E-state index in [1.165, 1.54) is 43.1 Å². The summed E-state index contributed by atoms with van der Waals surface area (Å²) in [5, 5.41) is 2.65. The molecule has 140 valence electrons. The molecule has 3 aromatic rings. The SMILES string of the molecule is Cn1c(=O)c2cc(C(=O)Nc3ccccc3SC(F)F)cnc2n(C)c1=O. The zero-order valence-electron chi connectivity index (χ0n) is 14.3. The van der Waals surface area contributed by atoms with Gasteiger partial charge in [0.2, 0.25) is 0 Å². The molecule has 10 heteroatoms. The number of para-hydroxylation sites is 1. The summed E-state index contributed by atoms with van der Waals surface area (Å²) in [7, 11) is 2.79. The number of amides is 1. The second-order valence-electron chi connectivity index (χ2n) is 5.63. The number of carbonyl (C=O) groups excluding carboxylic acids is 1. The number of pyridine rings is 1. The molecule has 2 heterocycles. The van der Waals surface area contributed by atoms with E-state index in [-0.39, 0.29) is 27.2 Å². The van der Waals surface area contributed by atoms with Crippen LogP contribution in [0.15, 0.2) is 51.0 Å². The fraction of sp³-hybridized carbons (Fsp3) is 0.176. The van der Waals surface area contributed by atoms with E-state index in [9.17, 15) is 23.2 Å². The molecule has 3 rings (SSSR count). The van der Waals surface area contributed by atoms with E-state index in [0.717, 1.165) is 4.57 Å². The summed E-state index contributed by atoms with van der Waals surface area (Å²) in [5.74, 6) is -3.24. The van der Waals surface area contributed by atoms with E-state index in [1.807, 2.05) is 0 Å². The monoisotopic (exact) mass is 392 g/mol. The highest BCUT2D eigenvalue weighted by Gasteiger charge is 2.16. The topological polar surface area (TPSA) is 86.0 Å². The standard InChI is InChI=1S/C17H14F2N4O3S/c1-22-13-10(15(25)23(2)17(22)26)7-9(8-20-13)14(24)21-11-5-3-4-6-12(11)27-16(18)19/h3-8,16H,1-2H3,(H,21,24). The van der Waals surface area contributed by atoms with Gasteiger partial charge in [0.15, 0.2) is 0 Å². The Kier molecular flexibility index (Phi) is 5.08. The molecule has 7 nitrogen and oxygen atoms in total. The smallest absolute Gasteiger partial charge is 0.321 e. The number of carbonyl (C=O) groups is 1. The average molecular weight is 392 g/mol. The van der Waals surface area contributed by atoms with Crippen molar-refractivity contribution in [2.24, 2.45) is 14.1 Å². The molecule has 2 aromatic heterocycles. The van der Waals surface area contributed by atoms with Gasteiger partial charge in [-0.3, -0.25) is 18.7 Å². The van der Waals surface area contributed by atoms with Crippen molar-refractivity contribution in [2.75, 3.05) is 5.32 Å². The lowest BCUT2D eigenvalue weighted by atomic mass is 10.2. The van der Waals surface area contributed by atoms with Gasteiger partial charge in [0.25, 0.3) is 17.2 Å². The number of nitrogens with one attached hydrogen (secondary N) is 1. The van der Waals surface area contributed by atoms with E-state index in [1.54, 1.807) is 12.1 Å². The fourth-order valence-electron chi connectivity index (χ4n) is 2.55. The van der Waals surface area contributed by atoms with Crippen LogP contribution in [0.1, 0.15) is 10.4 Å². The number of anilines is 1. The summed E-state index contributed by atoms with van der Waals surface area (Å²) in [4.78, 5) is 41.0. The number of alkyl halides is 2. The minimum atomic E-state index is -2.63. The van der Waals surface area contributed by atoms with Crippen molar-refractivity contribution in [3.8, 4) is 0 Å². The Balaban J connectivity index is 2.01. The van der Waals surface area contributed by atoms with Crippen LogP contribution in [0.2, 0.25) is 0 Å². The van der Waals surface area contributed by atoms with E-state index in [2.05, 4.69) is 10.3 Å². The molecule has 0 unspecified atom stereocenters. The molecule has 0 aliphatic heterocycles. The Morgan fingerprint density at radius 3 is 2.59 bits per heavy atom. The Bertz CT molecular complexity index is 1160. The summed E-state index contributed by atoms with van der Waals surface area (Å²) in [6.07, 6.45) is 1.22. The number of aryl methyl sites for hydroxylation is 1. The van der Waals surface area contributed by atoms with Crippen molar-refractivity contribution in [3.63, 3.8) is 0 Å². The highest BCUT2D eigenvalue weighted by molar-refractivity contribution is 7.99. The van der Waals surface area contributed by atoms with Gasteiger partial charge in [-0.25, -0.2) is 9.78 Å². The van der Waals surface area contributed by atoms with Gasteiger partial charge in [-0.1, -0.05) is 23.9 Å². The molecule has 0 saturated carbocycles. The molecular weight excluding hydrogens is 378 g/mol. The number of hydrogen-bond donors (Lipinski definition) is 1. The van der Waals surface area contributed by atoms with Gasteiger partial charge in [0.1, 0.15) is 5.65 Å². The fourth-order valence-corrected chi connectivity index (χ4v) is 3.15. The molecule has 0 fully saturated rings. The summed E-state index contributed by atoms with van der Waals surface area (Å²) in [6, 6.07) is 7.48. The molecule has 0 aliphatic carbocycles. The molecule has 0 radical (unpaired) electrons. The molecule has 0 atom stereocenters. The lowest BCUT2D eigenvalue weighted by molar-refractivity contribution is 0.102. The molecule has 0 aliphatic rings. The first kappa shape index (κ1) is 18.8. The van der Waals surface area contributed by atoms with Gasteiger partial charge < -0.3 is 5.32 Å². The van der Waals surface area contributed by atoms with Crippen molar-refractivity contribution in [2.45, 2.75) is 10.7 Å². The summed E-state index contributed by atoms with van der Waals surface area (Å²) in [5.41, 5.74) is -0.677. The number of halogens is 2. The van der Waals surface area contributed by atoms with Crippen LogP contribution < -0.4 is 16.6 Å². The Morgan fingerprint density at radius 1 is 1.19 bits per heavy atom. The Labute approximate surface area is 155 Å². The van der Waals surface area contributed by atoms with Crippen LogP contribution in [0.4, 0.5) is 14.5 Å². The second-order valence-corrected chi connectivity index (χ2v) is 6.66. The van der Waals surface area contributed by atoms with E-state index >= 15 is 0 Å². The lowest BCUT2D eigenvalue weighted by Gasteiger charge is -2.11. The predicted molar refractivity (Wildman–Crippen MR) is 98.5 cm³/mol. The first-order valence-electron chi connectivity index (χ1n) is 7.70. The maximum absolute atomic E-state index is 12.7. The molecule has 0 spiro atoms. The first-order valence-corrected chi connectivity index (χ1v) is 8.58. The zero-order valence-corrected chi connectivity index (χ0v) is 15.1. The molecule has 1 N–H and O–H groups in total. The maximum atomic E-state index is 12.7. The van der Waals surface area contributed by atoms with E-state index < -0.39 is 22.9 Å². The van der Waals surface area contributed by atoms with Crippen molar-refractivity contribution < 1.29 is 13.6 Å². The average Bonchev–Trinajstić information content (AvgIpc) is 2.65. The molecule has 1 amide bonds. The number of thioether (sulfide) groups is 1. The molecule has 27 heavy (non-hydrogen) atoms. The summed E-state index contributed by atoms with van der Waals surface area (Å²) in [6.45, 7) is 0. The molecular formula is C17H14F2N4O3S. The van der Waals surface area contributed by atoms with Gasteiger partial charge in [-0.2, -0.15) is 8.78 Å². The first-order chi connectivity index (χ1) is 12.8. The number of aromatic nitrogens is 3. The quantitative estimate of drug-likeness (QED) is 0.688. The molecule has 0 bridgehead atoms. The Morgan fingerprint density at radius 2 is 1.89 bits per heavy atom. The minimum Gasteiger partial charge on any atom is -0.321 e. The highest BCUT2D eigenvalue weighted by Crippen LogP contribution is 2.31. The van der Waals surface area contributed by atoms with Gasteiger partial charge in [0, 0.05) is 25.2 Å². The third kappa shape index (κ3) is 3.61. The van der Waals surface area contributed by atoms with Crippen molar-refractivity contribution >= 4 is 34.4 Å². The lowest BCUT2D eigenvalue weighted by Crippen LogP contribution is -2.37. The third-order valence-corrected chi connectivity index (χ3v) is 4.69. The predicted octanol–water partition coefficient (Wildman–Crippen LogP) is 2.20. The summed E-state index contributed by atoms with van der Waals surface area (Å²) >= 11 is 0.318. The normalized spacial score (nSPS) is 11.1. The van der Waals surface area contributed by atoms with Crippen LogP contribution >= 0.6 is 11.8 Å². The Hall–Kier alpha value is -3.01. The van der Waals surface area contributed by atoms with Crippen LogP contribution in [-0.4, -0.2) is 25.8 Å². The van der Waals surface area contributed by atoms with Gasteiger partial charge >= 0.3 is 5.69 Å². The van der Waals surface area contributed by atoms with Crippen LogP contribution in [-0.2, 0) is 14.1 Å². The second kappa shape index (κ2) is 7.31. The van der Waals surface area contributed by atoms with E-state index in [4.69, 9.17) is 0 Å². The number of fused-ring (bicyclic) bond motifs is 1. The van der Waals surface area contributed by atoms with E-state index in [0.29, 0.717) is 11.8 Å². The van der Waals surface area contributed by atoms with Gasteiger partial charge in [0.05, 0.1) is 16.6 Å². The molecule has 1 aromatic carbocycles. The van der Waals surface area contributed by atoms with Crippen molar-refractivity contribution in [1.29, 1.82) is 0 Å². The number of nitrogens with zero attached hydrogens (tertiary/aromatic N) is 3. The van der Waals surface area contributed by atoms with Crippen LogP contribution in [0.3, 0.4) is 0 Å². The largest absolute Gasteiger partial charge is 0.332 e. The number of benzene rings is 1. The molecule has 0 saturated heterocycles. The highest BCUT2D eigenvalue weighted by atomic mass is 32.2. The van der Waals surface area contributed by atoms with Crippen LogP contribution in [0.25, 0.3) is 11.0 Å². The zero-order chi connectivity index (χ0) is 19.7. The maximum Gasteiger partial charge on any atom is 0.332 e. The van der Waals surface area contributed by atoms with Crippen LogP contribution in [0.5, 0.6) is 0 Å². The van der Waals surface area contributed by atoms with Crippen molar-refractivity contribution in [3.05, 3.63) is 62.9 Å². The number of rotatable bonds is 4. The van der Waals surface area contributed by atoms with Gasteiger partial charge in [-0.15, -0.1) is 0 Å². The summed E-state index contributed by atoms with van der Waals surface area (Å²) < 4.78 is 27.4. The number of hydrogen-bond acceptors (Lipinski definition) is 5. The van der Waals surface area contributed by atoms with Crippen molar-refractivity contribution in [1.82, 2.24) is 14.1 Å². The minimum absolute atomic E-state index is 0.0649. The van der Waals surface area contributed by atoms with Crippen LogP contribution in [0, 0.1) is 0 Å². The third-order valence-electron chi connectivity index (χ3n) is 3.91.